The molecule has 0 atom stereocenters. The molecule has 0 fully saturated rings. The Labute approximate surface area is 182 Å². The summed E-state index contributed by atoms with van der Waals surface area (Å²) in [7, 11) is 2.05. The Morgan fingerprint density at radius 2 is 1.68 bits per heavy atom. The quantitative estimate of drug-likeness (QED) is 0.225. The van der Waals surface area contributed by atoms with Crippen LogP contribution in [0.2, 0.25) is 0 Å². The van der Waals surface area contributed by atoms with Crippen LogP contribution in [0, 0.1) is 27.3 Å². The van der Waals surface area contributed by atoms with Crippen molar-refractivity contribution >= 4 is 27.6 Å². The Kier molecular flexibility index (Phi) is 4.38. The molecule has 150 valence electrons. The zero-order valence-corrected chi connectivity index (χ0v) is 18.2. The summed E-state index contributed by atoms with van der Waals surface area (Å²) in [6, 6.07) is 20.9. The summed E-state index contributed by atoms with van der Waals surface area (Å²) in [6.45, 7) is 14.1. The van der Waals surface area contributed by atoms with E-state index in [9.17, 15) is 0 Å². The number of benzene rings is 3. The van der Waals surface area contributed by atoms with Crippen molar-refractivity contribution in [1.29, 1.82) is 0 Å². The van der Waals surface area contributed by atoms with Gasteiger partial charge in [-0.25, -0.2) is 9.41 Å². The van der Waals surface area contributed by atoms with E-state index in [1.807, 2.05) is 31.4 Å². The van der Waals surface area contributed by atoms with Crippen molar-refractivity contribution in [2.24, 2.45) is 7.05 Å². The van der Waals surface area contributed by atoms with Gasteiger partial charge in [-0.05, 0) is 55.2 Å². The van der Waals surface area contributed by atoms with Crippen LogP contribution in [0.1, 0.15) is 16.7 Å². The van der Waals surface area contributed by atoms with E-state index >= 15 is 0 Å². The third kappa shape index (κ3) is 3.00. The summed E-state index contributed by atoms with van der Waals surface area (Å²) >= 11 is 0. The molecule has 3 aromatic carbocycles. The van der Waals surface area contributed by atoms with Crippen molar-refractivity contribution in [3.63, 3.8) is 0 Å². The van der Waals surface area contributed by atoms with Gasteiger partial charge in [-0.3, -0.25) is 0 Å². The number of fused-ring (bicyclic) bond motifs is 3. The number of hydrogen-bond donors (Lipinski definition) is 0. The first-order valence-electron chi connectivity index (χ1n) is 10.4. The molecule has 0 radical (unpaired) electrons. The molecule has 3 nitrogen and oxygen atoms in total. The largest absolute Gasteiger partial charge is 0.456 e. The van der Waals surface area contributed by atoms with E-state index in [1.54, 1.807) is 0 Å². The predicted octanol–water partition coefficient (Wildman–Crippen LogP) is 7.22. The summed E-state index contributed by atoms with van der Waals surface area (Å²) in [4.78, 5) is 3.83. The lowest BCUT2D eigenvalue weighted by Crippen LogP contribution is -2.30. The molecule has 0 saturated carbocycles. The maximum Gasteiger partial charge on any atom is 0.216 e. The highest BCUT2D eigenvalue weighted by Gasteiger charge is 2.21. The molecule has 0 N–H and O–H groups in total. The lowest BCUT2D eigenvalue weighted by atomic mass is 9.95. The maximum atomic E-state index is 7.78. The minimum absolute atomic E-state index is 0.613. The second-order valence-electron chi connectivity index (χ2n) is 8.23. The molecule has 5 rings (SSSR count). The minimum atomic E-state index is 0.613. The molecule has 2 heterocycles. The van der Waals surface area contributed by atoms with Gasteiger partial charge < -0.3 is 4.42 Å². The van der Waals surface area contributed by atoms with Gasteiger partial charge in [0.05, 0.1) is 12.1 Å². The third-order valence-electron chi connectivity index (χ3n) is 6.07. The van der Waals surface area contributed by atoms with Crippen LogP contribution in [-0.4, -0.2) is 0 Å². The van der Waals surface area contributed by atoms with Gasteiger partial charge >= 0.3 is 0 Å². The number of pyridine rings is 1. The summed E-state index contributed by atoms with van der Waals surface area (Å²) in [5.41, 5.74) is 10.0. The van der Waals surface area contributed by atoms with E-state index in [4.69, 9.17) is 11.0 Å². The van der Waals surface area contributed by atoms with Crippen LogP contribution in [0.5, 0.6) is 0 Å². The summed E-state index contributed by atoms with van der Waals surface area (Å²) < 4.78 is 8.51. The van der Waals surface area contributed by atoms with E-state index in [1.165, 1.54) is 11.1 Å². The number of aromatic nitrogens is 1. The SMILES string of the molecule is [C-]#[N+]c1cc2oc3c(-c4cccc[n+]4C)c(C)ccc3c2cc1-c1ccc(C)cc1C. The fourth-order valence-corrected chi connectivity index (χ4v) is 4.50. The fourth-order valence-electron chi connectivity index (χ4n) is 4.50. The molecule has 0 saturated heterocycles. The zero-order valence-electron chi connectivity index (χ0n) is 18.2. The van der Waals surface area contributed by atoms with Crippen molar-refractivity contribution in [3.8, 4) is 22.4 Å². The highest BCUT2D eigenvalue weighted by molar-refractivity contribution is 6.12. The Morgan fingerprint density at radius 3 is 2.42 bits per heavy atom. The first kappa shape index (κ1) is 19.1. The van der Waals surface area contributed by atoms with Gasteiger partial charge in [-0.2, -0.15) is 0 Å². The first-order valence-corrected chi connectivity index (χ1v) is 10.4. The summed E-state index contributed by atoms with van der Waals surface area (Å²) in [5.74, 6) is 0. The van der Waals surface area contributed by atoms with Crippen LogP contribution in [0.15, 0.2) is 71.3 Å². The number of aryl methyl sites for hydroxylation is 4. The molecule has 0 unspecified atom stereocenters. The highest BCUT2D eigenvalue weighted by atomic mass is 16.3. The van der Waals surface area contributed by atoms with Crippen molar-refractivity contribution in [3.05, 3.63) is 95.0 Å². The van der Waals surface area contributed by atoms with Crippen LogP contribution in [0.3, 0.4) is 0 Å². The molecule has 0 aliphatic rings. The molecule has 3 heteroatoms. The number of nitrogens with zero attached hydrogens (tertiary/aromatic N) is 2. The van der Waals surface area contributed by atoms with Gasteiger partial charge in [0.15, 0.2) is 11.9 Å². The Balaban J connectivity index is 1.86. The lowest BCUT2D eigenvalue weighted by Gasteiger charge is -2.09. The van der Waals surface area contributed by atoms with Crippen LogP contribution in [-0.2, 0) is 7.05 Å². The Morgan fingerprint density at radius 1 is 0.839 bits per heavy atom. The van der Waals surface area contributed by atoms with Crippen LogP contribution >= 0.6 is 0 Å². The standard InChI is InChI=1S/C28H23N2O/c1-17-9-11-20(19(3)14-17)22-15-23-21-12-10-18(2)27(25-8-6-7-13-30(25)5)28(21)31-26(23)16-24(22)29-4/h6-16H,1-3,5H3/q+1. The van der Waals surface area contributed by atoms with Gasteiger partial charge in [-0.1, -0.05) is 42.0 Å². The minimum Gasteiger partial charge on any atom is -0.456 e. The highest BCUT2D eigenvalue weighted by Crippen LogP contribution is 2.42. The molecule has 31 heavy (non-hydrogen) atoms. The molecule has 5 aromatic rings. The van der Waals surface area contributed by atoms with Crippen molar-refractivity contribution in [1.82, 2.24) is 0 Å². The number of hydrogen-bond acceptors (Lipinski definition) is 1. The van der Waals surface area contributed by atoms with Gasteiger partial charge in [0.25, 0.3) is 0 Å². The summed E-state index contributed by atoms with van der Waals surface area (Å²) in [6.07, 6.45) is 2.05. The zero-order chi connectivity index (χ0) is 21.7. The van der Waals surface area contributed by atoms with Crippen LogP contribution < -0.4 is 4.57 Å². The monoisotopic (exact) mass is 403 g/mol. The van der Waals surface area contributed by atoms with E-state index in [0.29, 0.717) is 5.69 Å². The normalized spacial score (nSPS) is 11.2. The van der Waals surface area contributed by atoms with Crippen LogP contribution in [0.25, 0.3) is 49.2 Å². The maximum absolute atomic E-state index is 7.78. The topological polar surface area (TPSA) is 21.4 Å². The van der Waals surface area contributed by atoms with Gasteiger partial charge in [-0.15, -0.1) is 0 Å². The Hall–Kier alpha value is -3.90. The lowest BCUT2D eigenvalue weighted by molar-refractivity contribution is -0.660. The van der Waals surface area contributed by atoms with E-state index in [-0.39, 0.29) is 0 Å². The smallest absolute Gasteiger partial charge is 0.216 e. The van der Waals surface area contributed by atoms with Gasteiger partial charge in [0.2, 0.25) is 5.69 Å². The molecule has 0 spiro atoms. The van der Waals surface area contributed by atoms with Crippen molar-refractivity contribution in [2.75, 3.05) is 0 Å². The van der Waals surface area contributed by atoms with Crippen molar-refractivity contribution in [2.45, 2.75) is 20.8 Å². The summed E-state index contributed by atoms with van der Waals surface area (Å²) in [5, 5.41) is 2.11. The average molecular weight is 404 g/mol. The van der Waals surface area contributed by atoms with Crippen molar-refractivity contribution < 1.29 is 8.98 Å². The molecule has 0 amide bonds. The first-order chi connectivity index (χ1) is 15.0. The average Bonchev–Trinajstić information content (AvgIpc) is 3.11. The number of furan rings is 1. The molecule has 0 aliphatic heterocycles. The molecule has 2 aromatic heterocycles. The third-order valence-corrected chi connectivity index (χ3v) is 6.07. The van der Waals surface area contributed by atoms with Gasteiger partial charge in [0, 0.05) is 22.9 Å². The second kappa shape index (κ2) is 7.11. The second-order valence-corrected chi connectivity index (χ2v) is 8.23. The van der Waals surface area contributed by atoms with E-state index < -0.39 is 0 Å². The molecular weight excluding hydrogens is 380 g/mol. The Bertz CT molecular complexity index is 1530. The van der Waals surface area contributed by atoms with Crippen LogP contribution in [0.4, 0.5) is 5.69 Å². The predicted molar refractivity (Wildman–Crippen MR) is 126 cm³/mol. The number of rotatable bonds is 2. The fraction of sp³-hybridized carbons (Fsp3) is 0.143. The molecular formula is C28H23N2O+. The molecule has 0 aliphatic carbocycles. The molecule has 0 bridgehead atoms. The van der Waals surface area contributed by atoms with Gasteiger partial charge in [0.1, 0.15) is 18.2 Å². The van der Waals surface area contributed by atoms with E-state index in [2.05, 4.69) is 72.6 Å². The van der Waals surface area contributed by atoms with E-state index in [0.717, 1.165) is 49.9 Å².